The molecule has 12 nitrogen and oxygen atoms in total. The number of Topliss-reactive ketones (excluding diaryl/α,β-unsaturated/α-hetero) is 1. The molecular weight excluding hydrogens is 456 g/mol. The van der Waals surface area contributed by atoms with Crippen molar-refractivity contribution in [1.29, 1.82) is 0 Å². The van der Waals surface area contributed by atoms with Gasteiger partial charge in [-0.05, 0) is 24.6 Å². The first-order chi connectivity index (χ1) is 15.5. The van der Waals surface area contributed by atoms with Crippen molar-refractivity contribution in [3.8, 4) is 0 Å². The molecule has 0 saturated carbocycles. The molecule has 0 saturated heterocycles. The quantitative estimate of drug-likeness (QED) is 0.332. The van der Waals surface area contributed by atoms with E-state index in [1.807, 2.05) is 0 Å². The van der Waals surface area contributed by atoms with Gasteiger partial charge in [0.2, 0.25) is 16.6 Å². The predicted molar refractivity (Wildman–Crippen MR) is 115 cm³/mol. The van der Waals surface area contributed by atoms with Gasteiger partial charge in [-0.1, -0.05) is 30.3 Å². The van der Waals surface area contributed by atoms with E-state index in [4.69, 9.17) is 20.0 Å². The lowest BCUT2D eigenvalue weighted by atomic mass is 10.2. The smallest absolute Gasteiger partial charge is 0.374 e. The van der Waals surface area contributed by atoms with Gasteiger partial charge >= 0.3 is 11.7 Å². The van der Waals surface area contributed by atoms with Crippen LogP contribution in [0.5, 0.6) is 0 Å². The Kier molecular flexibility index (Phi) is 6.65. The van der Waals surface area contributed by atoms with Crippen LogP contribution in [0.1, 0.15) is 33.4 Å². The van der Waals surface area contributed by atoms with Crippen LogP contribution in [0, 0.1) is 0 Å². The molecule has 13 heteroatoms. The normalized spacial score (nSPS) is 11.3. The number of anilines is 1. The van der Waals surface area contributed by atoms with Crippen molar-refractivity contribution in [3.05, 3.63) is 80.2 Å². The third-order valence-electron chi connectivity index (χ3n) is 4.64. The van der Waals surface area contributed by atoms with Gasteiger partial charge in [0, 0.05) is 6.54 Å². The number of benzene rings is 1. The van der Waals surface area contributed by atoms with Gasteiger partial charge in [-0.15, -0.1) is 0 Å². The van der Waals surface area contributed by atoms with Crippen LogP contribution < -0.4 is 22.1 Å². The molecule has 33 heavy (non-hydrogen) atoms. The summed E-state index contributed by atoms with van der Waals surface area (Å²) < 4.78 is 34.1. The first-order valence-corrected chi connectivity index (χ1v) is 11.1. The lowest BCUT2D eigenvalue weighted by Crippen LogP contribution is -2.44. The molecule has 0 unspecified atom stereocenters. The second kappa shape index (κ2) is 9.26. The number of rotatable bonds is 8. The Morgan fingerprint density at radius 3 is 2.30 bits per heavy atom. The lowest BCUT2D eigenvalue weighted by molar-refractivity contribution is 0.0438. The SMILES string of the molecule is CCn1c(=O)c(C(=O)COC(=O)c2ccc(S(N)(=O)=O)o2)c(N)n(Cc2ccccc2)c1=O. The van der Waals surface area contributed by atoms with Gasteiger partial charge in [0.25, 0.3) is 15.6 Å². The van der Waals surface area contributed by atoms with Crippen LogP contribution in [0.3, 0.4) is 0 Å². The van der Waals surface area contributed by atoms with E-state index in [0.717, 1.165) is 21.3 Å². The Labute approximate surface area is 187 Å². The molecule has 2 heterocycles. The van der Waals surface area contributed by atoms with Crippen molar-refractivity contribution in [2.45, 2.75) is 25.1 Å². The van der Waals surface area contributed by atoms with Crippen LogP contribution in [0.15, 0.2) is 61.6 Å². The largest absolute Gasteiger partial charge is 0.451 e. The molecule has 0 radical (unpaired) electrons. The number of carbonyl (C=O) groups is 2. The number of primary sulfonamides is 1. The fourth-order valence-electron chi connectivity index (χ4n) is 3.03. The molecule has 4 N–H and O–H groups in total. The maximum absolute atomic E-state index is 12.7. The first-order valence-electron chi connectivity index (χ1n) is 9.54. The van der Waals surface area contributed by atoms with Gasteiger partial charge in [-0.25, -0.2) is 23.1 Å². The van der Waals surface area contributed by atoms with E-state index in [0.29, 0.717) is 5.56 Å². The summed E-state index contributed by atoms with van der Waals surface area (Å²) in [7, 11) is -4.18. The number of nitrogens with zero attached hydrogens (tertiary/aromatic N) is 2. The maximum atomic E-state index is 12.7. The number of carbonyl (C=O) groups excluding carboxylic acids is 2. The summed E-state index contributed by atoms with van der Waals surface area (Å²) >= 11 is 0. The van der Waals surface area contributed by atoms with Crippen LogP contribution in [0.2, 0.25) is 0 Å². The highest BCUT2D eigenvalue weighted by Gasteiger charge is 2.25. The lowest BCUT2D eigenvalue weighted by Gasteiger charge is -2.15. The van der Waals surface area contributed by atoms with Crippen LogP contribution >= 0.6 is 0 Å². The van der Waals surface area contributed by atoms with E-state index < -0.39 is 56.0 Å². The molecule has 1 aromatic carbocycles. The molecule has 174 valence electrons. The Balaban J connectivity index is 1.90. The average molecular weight is 476 g/mol. The second-order valence-electron chi connectivity index (χ2n) is 6.83. The standard InChI is InChI=1S/C20H20N4O8S/c1-2-23-18(26)16(17(21)24(20(23)28)10-12-6-4-3-5-7-12)13(25)11-31-19(27)14-8-9-15(32-14)33(22,29)30/h3-9H,2,10-11,21H2,1H3,(H2,22,29,30). The van der Waals surface area contributed by atoms with Gasteiger partial charge in [0.05, 0.1) is 6.54 Å². The van der Waals surface area contributed by atoms with Crippen molar-refractivity contribution in [2.24, 2.45) is 5.14 Å². The van der Waals surface area contributed by atoms with Crippen LogP contribution in [0.4, 0.5) is 5.82 Å². The van der Waals surface area contributed by atoms with E-state index in [1.54, 1.807) is 37.3 Å². The molecular formula is C20H20N4O8S. The van der Waals surface area contributed by atoms with Crippen molar-refractivity contribution in [2.75, 3.05) is 12.3 Å². The number of nitrogen functional groups attached to an aromatic ring is 1. The molecule has 0 spiro atoms. The van der Waals surface area contributed by atoms with Crippen molar-refractivity contribution in [3.63, 3.8) is 0 Å². The van der Waals surface area contributed by atoms with Crippen molar-refractivity contribution >= 4 is 27.6 Å². The number of ether oxygens (including phenoxy) is 1. The minimum Gasteiger partial charge on any atom is -0.451 e. The highest BCUT2D eigenvalue weighted by molar-refractivity contribution is 7.89. The molecule has 0 atom stereocenters. The number of furan rings is 1. The molecule has 0 aliphatic carbocycles. The summed E-state index contributed by atoms with van der Waals surface area (Å²) in [5.41, 5.74) is 4.61. The molecule has 0 amide bonds. The monoisotopic (exact) mass is 476 g/mol. The zero-order chi connectivity index (χ0) is 24.3. The highest BCUT2D eigenvalue weighted by Crippen LogP contribution is 2.14. The summed E-state index contributed by atoms with van der Waals surface area (Å²) in [6.45, 7) is 0.640. The Morgan fingerprint density at radius 2 is 1.73 bits per heavy atom. The summed E-state index contributed by atoms with van der Waals surface area (Å²) in [5, 5.41) is 4.24. The third-order valence-corrected chi connectivity index (χ3v) is 5.42. The molecule has 3 aromatic rings. The van der Waals surface area contributed by atoms with Crippen LogP contribution in [-0.2, 0) is 27.8 Å². The average Bonchev–Trinajstić information content (AvgIpc) is 3.27. The number of sulfonamides is 1. The number of ketones is 1. The molecule has 2 aromatic heterocycles. The fraction of sp³-hybridized carbons (Fsp3) is 0.200. The molecule has 3 rings (SSSR count). The van der Waals surface area contributed by atoms with E-state index in [1.165, 1.54) is 0 Å². The molecule has 0 aliphatic rings. The van der Waals surface area contributed by atoms with E-state index in [9.17, 15) is 27.6 Å². The van der Waals surface area contributed by atoms with Gasteiger partial charge in [0.15, 0.2) is 6.61 Å². The van der Waals surface area contributed by atoms with Gasteiger partial charge in [-0.2, -0.15) is 0 Å². The highest BCUT2D eigenvalue weighted by atomic mass is 32.2. The Morgan fingerprint density at radius 1 is 1.06 bits per heavy atom. The zero-order valence-electron chi connectivity index (χ0n) is 17.4. The Bertz CT molecular complexity index is 1430. The number of hydrogen-bond donors (Lipinski definition) is 2. The number of hydrogen-bond acceptors (Lipinski definition) is 9. The van der Waals surface area contributed by atoms with Crippen molar-refractivity contribution < 1.29 is 27.2 Å². The van der Waals surface area contributed by atoms with Gasteiger partial charge in [0.1, 0.15) is 11.4 Å². The minimum atomic E-state index is -4.18. The number of aromatic nitrogens is 2. The summed E-state index contributed by atoms with van der Waals surface area (Å²) in [6.07, 6.45) is 0. The van der Waals surface area contributed by atoms with Crippen LogP contribution in [0.25, 0.3) is 0 Å². The number of esters is 1. The molecule has 0 bridgehead atoms. The Hall–Kier alpha value is -3.97. The zero-order valence-corrected chi connectivity index (χ0v) is 18.2. The maximum Gasteiger partial charge on any atom is 0.374 e. The summed E-state index contributed by atoms with van der Waals surface area (Å²) in [4.78, 5) is 50.3. The fourth-order valence-corrected chi connectivity index (χ4v) is 3.50. The topological polar surface area (TPSA) is 187 Å². The van der Waals surface area contributed by atoms with E-state index in [2.05, 4.69) is 0 Å². The minimum absolute atomic E-state index is 0.00852. The van der Waals surface area contributed by atoms with Crippen molar-refractivity contribution in [1.82, 2.24) is 9.13 Å². The summed E-state index contributed by atoms with van der Waals surface area (Å²) in [6, 6.07) is 10.8. The van der Waals surface area contributed by atoms with E-state index >= 15 is 0 Å². The van der Waals surface area contributed by atoms with E-state index in [-0.39, 0.29) is 18.9 Å². The first kappa shape index (κ1) is 23.7. The number of nitrogens with two attached hydrogens (primary N) is 2. The second-order valence-corrected chi connectivity index (χ2v) is 8.32. The molecule has 0 fully saturated rings. The van der Waals surface area contributed by atoms with Crippen LogP contribution in [-0.4, -0.2) is 35.9 Å². The van der Waals surface area contributed by atoms with Gasteiger partial charge in [-0.3, -0.25) is 18.7 Å². The summed E-state index contributed by atoms with van der Waals surface area (Å²) in [5.74, 6) is -2.99. The predicted octanol–water partition coefficient (Wildman–Crippen LogP) is -0.0595. The third kappa shape index (κ3) is 4.94. The van der Waals surface area contributed by atoms with Gasteiger partial charge < -0.3 is 14.9 Å². The molecule has 0 aliphatic heterocycles.